The van der Waals surface area contributed by atoms with Gasteiger partial charge in [0.2, 0.25) is 0 Å². The fourth-order valence-corrected chi connectivity index (χ4v) is 3.01. The highest BCUT2D eigenvalue weighted by atomic mass is 16.2. The van der Waals surface area contributed by atoms with Crippen LogP contribution in [0.3, 0.4) is 0 Å². The van der Waals surface area contributed by atoms with Crippen molar-refractivity contribution in [1.29, 1.82) is 0 Å². The van der Waals surface area contributed by atoms with Crippen LogP contribution in [0.15, 0.2) is 79.0 Å². The van der Waals surface area contributed by atoms with Crippen LogP contribution >= 0.6 is 0 Å². The van der Waals surface area contributed by atoms with Crippen LogP contribution in [0.2, 0.25) is 0 Å². The largest absolute Gasteiger partial charge is 0.325 e. The van der Waals surface area contributed by atoms with E-state index in [2.05, 4.69) is 17.2 Å². The number of likely N-dealkylation sites (tertiary alicyclic amines) is 1. The van der Waals surface area contributed by atoms with Crippen molar-refractivity contribution in [3.8, 4) is 11.3 Å². The third-order valence-electron chi connectivity index (χ3n) is 4.49. The minimum Gasteiger partial charge on any atom is -0.325 e. The van der Waals surface area contributed by atoms with Crippen LogP contribution in [0.5, 0.6) is 0 Å². The maximum absolute atomic E-state index is 12.1. The van der Waals surface area contributed by atoms with E-state index in [1.807, 2.05) is 77.7 Å². The van der Waals surface area contributed by atoms with Crippen molar-refractivity contribution in [2.75, 3.05) is 18.4 Å². The van der Waals surface area contributed by atoms with Gasteiger partial charge in [-0.1, -0.05) is 48.5 Å². The summed E-state index contributed by atoms with van der Waals surface area (Å²) in [6.07, 6.45) is 3.98. The van der Waals surface area contributed by atoms with Gasteiger partial charge in [0.05, 0.1) is 5.69 Å². The summed E-state index contributed by atoms with van der Waals surface area (Å²) in [6.45, 7) is 3.76. The molecule has 1 N–H and O–H groups in total. The molecule has 4 heteroatoms. The third kappa shape index (κ3) is 5.42. The number of hydrogen-bond donors (Lipinski definition) is 1. The number of aromatic nitrogens is 1. The fourth-order valence-electron chi connectivity index (χ4n) is 3.01. The SMILES string of the molecule is Cc1ccc(NC(=O)N2CCCC2)cc1-c1ccccn1.c1ccccc1. The summed E-state index contributed by atoms with van der Waals surface area (Å²) in [5.74, 6) is 0. The molecular weight excluding hydrogens is 334 g/mol. The highest BCUT2D eigenvalue weighted by molar-refractivity contribution is 5.90. The van der Waals surface area contributed by atoms with E-state index in [9.17, 15) is 4.79 Å². The van der Waals surface area contributed by atoms with Gasteiger partial charge in [0.1, 0.15) is 0 Å². The van der Waals surface area contributed by atoms with Gasteiger partial charge >= 0.3 is 6.03 Å². The molecule has 1 aromatic heterocycles. The Hall–Kier alpha value is -3.14. The Balaban J connectivity index is 0.000000299. The summed E-state index contributed by atoms with van der Waals surface area (Å²) in [7, 11) is 0. The zero-order chi connectivity index (χ0) is 18.9. The molecule has 0 unspecified atom stereocenters. The summed E-state index contributed by atoms with van der Waals surface area (Å²) >= 11 is 0. The molecule has 0 atom stereocenters. The van der Waals surface area contributed by atoms with Crippen LogP contribution in [-0.2, 0) is 0 Å². The number of carbonyl (C=O) groups excluding carboxylic acids is 1. The zero-order valence-electron chi connectivity index (χ0n) is 15.6. The Kier molecular flexibility index (Phi) is 6.58. The van der Waals surface area contributed by atoms with E-state index in [0.717, 1.165) is 48.4 Å². The van der Waals surface area contributed by atoms with E-state index in [1.54, 1.807) is 6.20 Å². The first-order valence-electron chi connectivity index (χ1n) is 9.32. The molecule has 0 radical (unpaired) electrons. The van der Waals surface area contributed by atoms with E-state index in [1.165, 1.54) is 0 Å². The van der Waals surface area contributed by atoms with Crippen molar-refractivity contribution in [2.45, 2.75) is 19.8 Å². The number of hydrogen-bond acceptors (Lipinski definition) is 2. The lowest BCUT2D eigenvalue weighted by Gasteiger charge is -2.17. The number of aryl methyl sites for hydroxylation is 1. The van der Waals surface area contributed by atoms with Crippen LogP contribution in [-0.4, -0.2) is 29.0 Å². The number of urea groups is 1. The Labute approximate surface area is 160 Å². The molecule has 3 aromatic rings. The number of nitrogens with one attached hydrogen (secondary N) is 1. The maximum Gasteiger partial charge on any atom is 0.321 e. The van der Waals surface area contributed by atoms with Crippen molar-refractivity contribution < 1.29 is 4.79 Å². The van der Waals surface area contributed by atoms with Crippen molar-refractivity contribution >= 4 is 11.7 Å². The van der Waals surface area contributed by atoms with Crippen molar-refractivity contribution in [1.82, 2.24) is 9.88 Å². The highest BCUT2D eigenvalue weighted by Gasteiger charge is 2.18. The smallest absolute Gasteiger partial charge is 0.321 e. The standard InChI is InChI=1S/C17H19N3O.C6H6/c1-13-7-8-14(19-17(21)20-10-4-5-11-20)12-15(13)16-6-2-3-9-18-16;1-2-4-6-5-3-1/h2-3,6-9,12H,4-5,10-11H2,1H3,(H,19,21);1-6H. The summed E-state index contributed by atoms with van der Waals surface area (Å²) in [5.41, 5.74) is 3.94. The van der Waals surface area contributed by atoms with Crippen molar-refractivity contribution in [3.63, 3.8) is 0 Å². The average Bonchev–Trinajstić information content (AvgIpc) is 3.27. The highest BCUT2D eigenvalue weighted by Crippen LogP contribution is 2.25. The molecule has 0 bridgehead atoms. The fraction of sp³-hybridized carbons (Fsp3) is 0.217. The Morgan fingerprint density at radius 2 is 1.59 bits per heavy atom. The number of rotatable bonds is 2. The first-order valence-corrected chi connectivity index (χ1v) is 9.32. The summed E-state index contributed by atoms with van der Waals surface area (Å²) in [5, 5.41) is 2.98. The second-order valence-corrected chi connectivity index (χ2v) is 6.52. The second-order valence-electron chi connectivity index (χ2n) is 6.52. The molecular formula is C23H25N3O. The van der Waals surface area contributed by atoms with Gasteiger partial charge in [-0.05, 0) is 49.6 Å². The maximum atomic E-state index is 12.1. The van der Waals surface area contributed by atoms with E-state index < -0.39 is 0 Å². The van der Waals surface area contributed by atoms with Crippen LogP contribution in [0, 0.1) is 6.92 Å². The monoisotopic (exact) mass is 359 g/mol. The van der Waals surface area contributed by atoms with E-state index in [4.69, 9.17) is 0 Å². The van der Waals surface area contributed by atoms with Gasteiger partial charge in [0.15, 0.2) is 0 Å². The molecule has 27 heavy (non-hydrogen) atoms. The Morgan fingerprint density at radius 1 is 0.926 bits per heavy atom. The van der Waals surface area contributed by atoms with Gasteiger partial charge in [-0.15, -0.1) is 0 Å². The molecule has 1 aliphatic rings. The molecule has 2 heterocycles. The molecule has 0 aliphatic carbocycles. The predicted molar refractivity (Wildman–Crippen MR) is 111 cm³/mol. The normalized spacial score (nSPS) is 12.9. The summed E-state index contributed by atoms with van der Waals surface area (Å²) in [4.78, 5) is 18.4. The molecule has 2 amide bonds. The topological polar surface area (TPSA) is 45.2 Å². The summed E-state index contributed by atoms with van der Waals surface area (Å²) < 4.78 is 0. The zero-order valence-corrected chi connectivity index (χ0v) is 15.6. The molecule has 0 spiro atoms. The lowest BCUT2D eigenvalue weighted by atomic mass is 10.0. The lowest BCUT2D eigenvalue weighted by Crippen LogP contribution is -2.32. The molecule has 4 nitrogen and oxygen atoms in total. The molecule has 1 fully saturated rings. The molecule has 4 rings (SSSR count). The number of carbonyl (C=O) groups is 1. The first kappa shape index (κ1) is 18.6. The van der Waals surface area contributed by atoms with Crippen LogP contribution in [0.25, 0.3) is 11.3 Å². The van der Waals surface area contributed by atoms with Gasteiger partial charge in [0.25, 0.3) is 0 Å². The van der Waals surface area contributed by atoms with Gasteiger partial charge in [-0.3, -0.25) is 4.98 Å². The van der Waals surface area contributed by atoms with Crippen molar-refractivity contribution in [2.24, 2.45) is 0 Å². The Bertz CT molecular complexity index is 817. The van der Waals surface area contributed by atoms with Crippen LogP contribution in [0.1, 0.15) is 18.4 Å². The van der Waals surface area contributed by atoms with Gasteiger partial charge < -0.3 is 10.2 Å². The molecule has 2 aromatic carbocycles. The first-order chi connectivity index (χ1) is 13.2. The predicted octanol–water partition coefficient (Wildman–Crippen LogP) is 5.37. The molecule has 1 saturated heterocycles. The average molecular weight is 359 g/mol. The van der Waals surface area contributed by atoms with Crippen molar-refractivity contribution in [3.05, 3.63) is 84.6 Å². The summed E-state index contributed by atoms with van der Waals surface area (Å²) in [6, 6.07) is 23.8. The second kappa shape index (κ2) is 9.53. The van der Waals surface area contributed by atoms with Crippen LogP contribution < -0.4 is 5.32 Å². The molecule has 1 aliphatic heterocycles. The quantitative estimate of drug-likeness (QED) is 0.668. The van der Waals surface area contributed by atoms with Gasteiger partial charge in [-0.2, -0.15) is 0 Å². The van der Waals surface area contributed by atoms with E-state index in [-0.39, 0.29) is 6.03 Å². The Morgan fingerprint density at radius 3 is 2.19 bits per heavy atom. The lowest BCUT2D eigenvalue weighted by molar-refractivity contribution is 0.222. The number of anilines is 1. The minimum absolute atomic E-state index is 0.0108. The number of benzene rings is 2. The molecule has 0 saturated carbocycles. The number of pyridine rings is 1. The molecule has 138 valence electrons. The minimum atomic E-state index is -0.0108. The van der Waals surface area contributed by atoms with Crippen LogP contribution in [0.4, 0.5) is 10.5 Å². The van der Waals surface area contributed by atoms with E-state index >= 15 is 0 Å². The van der Waals surface area contributed by atoms with Gasteiger partial charge in [-0.25, -0.2) is 4.79 Å². The number of amides is 2. The number of nitrogens with zero attached hydrogens (tertiary/aromatic N) is 2. The van der Waals surface area contributed by atoms with E-state index in [0.29, 0.717) is 0 Å². The van der Waals surface area contributed by atoms with Gasteiger partial charge in [0, 0.05) is 30.5 Å². The third-order valence-corrected chi connectivity index (χ3v) is 4.49.